The molecule has 2 fully saturated rings. The van der Waals surface area contributed by atoms with Gasteiger partial charge in [0.2, 0.25) is 11.8 Å². The summed E-state index contributed by atoms with van der Waals surface area (Å²) in [4.78, 5) is 26.4. The number of rotatable bonds is 3. The van der Waals surface area contributed by atoms with Crippen molar-refractivity contribution in [1.29, 1.82) is 0 Å². The molecule has 2 heterocycles. The minimum Gasteiger partial charge on any atom is -0.274 e. The van der Waals surface area contributed by atoms with E-state index < -0.39 is 5.82 Å². The number of carbonyl (C=O) groups excluding carboxylic acids is 2. The molecular weight excluding hydrogens is 345 g/mol. The van der Waals surface area contributed by atoms with Crippen molar-refractivity contribution in [1.82, 2.24) is 9.78 Å². The first-order chi connectivity index (χ1) is 12.0. The van der Waals surface area contributed by atoms with Crippen LogP contribution in [0.1, 0.15) is 31.2 Å². The second-order valence-corrected chi connectivity index (χ2v) is 7.02. The van der Waals surface area contributed by atoms with Crippen molar-refractivity contribution in [3.05, 3.63) is 46.9 Å². The van der Waals surface area contributed by atoms with Crippen LogP contribution in [0.25, 0.3) is 0 Å². The minimum absolute atomic E-state index is 0.139. The molecule has 130 valence electrons. The number of amides is 2. The van der Waals surface area contributed by atoms with Gasteiger partial charge in [0, 0.05) is 17.3 Å². The summed E-state index contributed by atoms with van der Waals surface area (Å²) in [5.41, 5.74) is 0.713. The van der Waals surface area contributed by atoms with Gasteiger partial charge in [-0.05, 0) is 30.5 Å². The zero-order chi connectivity index (χ0) is 17.6. The zero-order valence-corrected chi connectivity index (χ0v) is 14.2. The molecule has 7 heteroatoms. The Morgan fingerprint density at radius 3 is 2.44 bits per heavy atom. The number of nitrogens with zero attached hydrogens (tertiary/aromatic N) is 3. The molecule has 1 aromatic heterocycles. The first kappa shape index (κ1) is 16.3. The SMILES string of the molecule is O=C1[C@H]2CCCC[C@H]2C(=O)N1c1ccn(Cc2ccc(F)cc2Cl)n1. The Morgan fingerprint density at radius 2 is 1.80 bits per heavy atom. The minimum atomic E-state index is -0.397. The van der Waals surface area contributed by atoms with E-state index in [2.05, 4.69) is 5.10 Å². The van der Waals surface area contributed by atoms with Gasteiger partial charge < -0.3 is 0 Å². The molecule has 2 aliphatic rings. The van der Waals surface area contributed by atoms with Crippen molar-refractivity contribution in [3.8, 4) is 0 Å². The van der Waals surface area contributed by atoms with Crippen molar-refractivity contribution in [3.63, 3.8) is 0 Å². The Morgan fingerprint density at radius 1 is 1.12 bits per heavy atom. The lowest BCUT2D eigenvalue weighted by atomic mass is 9.81. The molecule has 25 heavy (non-hydrogen) atoms. The molecular formula is C18H17ClFN3O2. The monoisotopic (exact) mass is 361 g/mol. The molecule has 0 N–H and O–H groups in total. The highest BCUT2D eigenvalue weighted by Crippen LogP contribution is 2.39. The predicted octanol–water partition coefficient (Wildman–Crippen LogP) is 3.40. The van der Waals surface area contributed by atoms with E-state index in [9.17, 15) is 14.0 Å². The van der Waals surface area contributed by atoms with Crippen LogP contribution in [0.5, 0.6) is 0 Å². The van der Waals surface area contributed by atoms with E-state index in [1.807, 2.05) is 0 Å². The maximum absolute atomic E-state index is 13.1. The Kier molecular flexibility index (Phi) is 4.07. The molecule has 1 aliphatic heterocycles. The van der Waals surface area contributed by atoms with Crippen molar-refractivity contribution in [2.45, 2.75) is 32.2 Å². The summed E-state index contributed by atoms with van der Waals surface area (Å²) in [6.45, 7) is 0.336. The third-order valence-corrected chi connectivity index (χ3v) is 5.40. The van der Waals surface area contributed by atoms with E-state index in [1.165, 1.54) is 17.0 Å². The average Bonchev–Trinajstić information content (AvgIpc) is 3.14. The molecule has 2 atom stereocenters. The molecule has 1 saturated heterocycles. The normalized spacial score (nSPS) is 23.2. The Labute approximate surface area is 149 Å². The summed E-state index contributed by atoms with van der Waals surface area (Å²) in [5.74, 6) is -0.719. The lowest BCUT2D eigenvalue weighted by Crippen LogP contribution is -2.31. The quantitative estimate of drug-likeness (QED) is 0.787. The molecule has 1 aromatic carbocycles. The number of carbonyl (C=O) groups is 2. The Bertz CT molecular complexity index is 827. The summed E-state index contributed by atoms with van der Waals surface area (Å²) < 4.78 is 14.7. The largest absolute Gasteiger partial charge is 0.274 e. The number of benzene rings is 1. The van der Waals surface area contributed by atoms with Crippen LogP contribution in [0.4, 0.5) is 10.2 Å². The smallest absolute Gasteiger partial charge is 0.238 e. The van der Waals surface area contributed by atoms with Crippen LogP contribution < -0.4 is 4.90 Å². The second-order valence-electron chi connectivity index (χ2n) is 6.62. The number of hydrogen-bond donors (Lipinski definition) is 0. The lowest BCUT2D eigenvalue weighted by Gasteiger charge is -2.19. The van der Waals surface area contributed by atoms with E-state index in [0.717, 1.165) is 25.7 Å². The molecule has 1 saturated carbocycles. The van der Waals surface area contributed by atoms with Gasteiger partial charge in [-0.2, -0.15) is 5.10 Å². The van der Waals surface area contributed by atoms with Gasteiger partial charge in [0.1, 0.15) is 5.82 Å². The molecule has 0 spiro atoms. The van der Waals surface area contributed by atoms with Crippen LogP contribution in [0.15, 0.2) is 30.5 Å². The van der Waals surface area contributed by atoms with Crippen LogP contribution in [0.3, 0.4) is 0 Å². The van der Waals surface area contributed by atoms with E-state index >= 15 is 0 Å². The maximum Gasteiger partial charge on any atom is 0.238 e. The van der Waals surface area contributed by atoms with Crippen molar-refractivity contribution in [2.24, 2.45) is 11.8 Å². The summed E-state index contributed by atoms with van der Waals surface area (Å²) in [6, 6.07) is 5.84. The highest BCUT2D eigenvalue weighted by Gasteiger charge is 2.49. The van der Waals surface area contributed by atoms with Gasteiger partial charge in [-0.15, -0.1) is 0 Å². The zero-order valence-electron chi connectivity index (χ0n) is 13.5. The average molecular weight is 362 g/mol. The van der Waals surface area contributed by atoms with E-state index in [-0.39, 0.29) is 23.7 Å². The molecule has 4 rings (SSSR count). The molecule has 2 amide bonds. The maximum atomic E-state index is 13.1. The molecule has 0 unspecified atom stereocenters. The van der Waals surface area contributed by atoms with Gasteiger partial charge in [0.15, 0.2) is 5.82 Å². The van der Waals surface area contributed by atoms with Gasteiger partial charge in [-0.3, -0.25) is 14.3 Å². The summed E-state index contributed by atoms with van der Waals surface area (Å²) in [6.07, 6.45) is 5.23. The highest BCUT2D eigenvalue weighted by atomic mass is 35.5. The number of fused-ring (bicyclic) bond motifs is 1. The van der Waals surface area contributed by atoms with Crippen LogP contribution >= 0.6 is 11.6 Å². The third-order valence-electron chi connectivity index (χ3n) is 5.04. The fourth-order valence-electron chi connectivity index (χ4n) is 3.77. The van der Waals surface area contributed by atoms with Crippen LogP contribution in [0.2, 0.25) is 5.02 Å². The second kappa shape index (κ2) is 6.26. The molecule has 0 radical (unpaired) electrons. The Hall–Kier alpha value is -2.21. The van der Waals surface area contributed by atoms with E-state index in [0.29, 0.717) is 22.9 Å². The number of anilines is 1. The molecule has 0 bridgehead atoms. The topological polar surface area (TPSA) is 55.2 Å². The fourth-order valence-corrected chi connectivity index (χ4v) is 4.00. The number of hydrogen-bond acceptors (Lipinski definition) is 3. The van der Waals surface area contributed by atoms with Crippen molar-refractivity contribution >= 4 is 29.2 Å². The fraction of sp³-hybridized carbons (Fsp3) is 0.389. The van der Waals surface area contributed by atoms with Crippen molar-refractivity contribution < 1.29 is 14.0 Å². The van der Waals surface area contributed by atoms with Crippen LogP contribution in [-0.2, 0) is 16.1 Å². The lowest BCUT2D eigenvalue weighted by molar-refractivity contribution is -0.122. The summed E-state index contributed by atoms with van der Waals surface area (Å²) in [5, 5.41) is 4.67. The molecule has 1 aliphatic carbocycles. The van der Waals surface area contributed by atoms with Gasteiger partial charge in [0.05, 0.1) is 18.4 Å². The summed E-state index contributed by atoms with van der Waals surface area (Å²) >= 11 is 6.04. The van der Waals surface area contributed by atoms with E-state index in [4.69, 9.17) is 11.6 Å². The predicted molar refractivity (Wildman–Crippen MR) is 90.7 cm³/mol. The third kappa shape index (κ3) is 2.84. The van der Waals surface area contributed by atoms with E-state index in [1.54, 1.807) is 23.0 Å². The first-order valence-electron chi connectivity index (χ1n) is 8.40. The van der Waals surface area contributed by atoms with Crippen molar-refractivity contribution in [2.75, 3.05) is 4.90 Å². The number of imide groups is 1. The highest BCUT2D eigenvalue weighted by molar-refractivity contribution is 6.31. The number of aromatic nitrogens is 2. The van der Waals surface area contributed by atoms with Crippen LogP contribution in [0, 0.1) is 17.7 Å². The molecule has 5 nitrogen and oxygen atoms in total. The van der Waals surface area contributed by atoms with Gasteiger partial charge in [-0.25, -0.2) is 9.29 Å². The van der Waals surface area contributed by atoms with Gasteiger partial charge in [0.25, 0.3) is 0 Å². The standard InChI is InChI=1S/C18H17ClFN3O2/c19-15-9-12(20)6-5-11(15)10-22-8-7-16(21-22)23-17(24)13-3-1-2-4-14(13)18(23)25/h5-9,13-14H,1-4,10H2/t13-,14+. The Balaban J connectivity index is 1.57. The first-order valence-corrected chi connectivity index (χ1v) is 8.77. The number of halogens is 2. The van der Waals surface area contributed by atoms with Crippen LogP contribution in [-0.4, -0.2) is 21.6 Å². The van der Waals surface area contributed by atoms with Gasteiger partial charge >= 0.3 is 0 Å². The molecule has 2 aromatic rings. The van der Waals surface area contributed by atoms with Gasteiger partial charge in [-0.1, -0.05) is 30.5 Å². The summed E-state index contributed by atoms with van der Waals surface area (Å²) in [7, 11) is 0.